The Labute approximate surface area is 136 Å². The molecule has 1 atom stereocenters. The summed E-state index contributed by atoms with van der Waals surface area (Å²) in [5, 5.41) is 15.6. The summed E-state index contributed by atoms with van der Waals surface area (Å²) in [5.41, 5.74) is 2.04. The van der Waals surface area contributed by atoms with Crippen molar-refractivity contribution in [2.75, 3.05) is 4.72 Å². The van der Waals surface area contributed by atoms with Crippen LogP contribution in [-0.2, 0) is 15.8 Å². The summed E-state index contributed by atoms with van der Waals surface area (Å²) in [6, 6.07) is 10.2. The number of rotatable bonds is 7. The molecule has 2 aromatic rings. The molecule has 1 aromatic carbocycles. The van der Waals surface area contributed by atoms with Crippen molar-refractivity contribution in [3.05, 3.63) is 47.2 Å². The largest absolute Gasteiger partial charge is 0.280 e. The minimum Gasteiger partial charge on any atom is -0.280 e. The number of hydrogen-bond donors (Lipinski definition) is 2. The molecule has 0 bridgehead atoms. The molecule has 6 nitrogen and oxygen atoms in total. The number of aromatic amines is 1. The fraction of sp³-hybridized carbons (Fsp3) is 0.375. The van der Waals surface area contributed by atoms with Crippen LogP contribution >= 0.6 is 0 Å². The van der Waals surface area contributed by atoms with Crippen molar-refractivity contribution in [3.63, 3.8) is 0 Å². The molecule has 0 aliphatic rings. The standard InChI is InChI=1S/C16H20N4O2S/c1-3-4-12(2)15-9-16(19-18-15)20-23(21,22)11-14-7-5-13(10-17)6-8-14/h5-9,12H,3-4,11H2,1-2H3,(H2,18,19,20)/t12-/m0/s1. The van der Waals surface area contributed by atoms with Gasteiger partial charge in [0.15, 0.2) is 5.82 Å². The lowest BCUT2D eigenvalue weighted by atomic mass is 10.0. The predicted octanol–water partition coefficient (Wildman–Crippen LogP) is 3.13. The summed E-state index contributed by atoms with van der Waals surface area (Å²) in [7, 11) is -3.55. The number of benzene rings is 1. The highest BCUT2D eigenvalue weighted by Crippen LogP contribution is 2.21. The molecule has 23 heavy (non-hydrogen) atoms. The van der Waals surface area contributed by atoms with Crippen LogP contribution in [0.4, 0.5) is 5.82 Å². The van der Waals surface area contributed by atoms with Crippen LogP contribution in [-0.4, -0.2) is 18.6 Å². The van der Waals surface area contributed by atoms with Gasteiger partial charge in [0, 0.05) is 11.8 Å². The van der Waals surface area contributed by atoms with E-state index in [0.29, 0.717) is 22.9 Å². The van der Waals surface area contributed by atoms with Crippen molar-refractivity contribution < 1.29 is 8.42 Å². The summed E-state index contributed by atoms with van der Waals surface area (Å²) < 4.78 is 26.9. The fourth-order valence-corrected chi connectivity index (χ4v) is 3.45. The number of hydrogen-bond acceptors (Lipinski definition) is 4. The summed E-state index contributed by atoms with van der Waals surface area (Å²) >= 11 is 0. The van der Waals surface area contributed by atoms with Crippen LogP contribution in [0.2, 0.25) is 0 Å². The van der Waals surface area contributed by atoms with E-state index in [1.807, 2.05) is 6.07 Å². The topological polar surface area (TPSA) is 98.6 Å². The highest BCUT2D eigenvalue weighted by molar-refractivity contribution is 7.91. The van der Waals surface area contributed by atoms with Crippen LogP contribution in [0.3, 0.4) is 0 Å². The molecule has 0 aliphatic heterocycles. The number of nitrogens with zero attached hydrogens (tertiary/aromatic N) is 2. The van der Waals surface area contributed by atoms with Crippen LogP contribution in [0.5, 0.6) is 0 Å². The lowest BCUT2D eigenvalue weighted by Crippen LogP contribution is -2.15. The lowest BCUT2D eigenvalue weighted by Gasteiger charge is -2.06. The summed E-state index contributed by atoms with van der Waals surface area (Å²) in [5.74, 6) is 0.451. The Kier molecular flexibility index (Phi) is 5.40. The smallest absolute Gasteiger partial charge is 0.238 e. The van der Waals surface area contributed by atoms with Crippen LogP contribution in [0.1, 0.15) is 49.4 Å². The van der Waals surface area contributed by atoms with E-state index in [1.165, 1.54) is 0 Å². The Morgan fingerprint density at radius 3 is 2.65 bits per heavy atom. The van der Waals surface area contributed by atoms with Crippen LogP contribution < -0.4 is 4.72 Å². The molecule has 0 unspecified atom stereocenters. The highest BCUT2D eigenvalue weighted by atomic mass is 32.2. The van der Waals surface area contributed by atoms with E-state index in [9.17, 15) is 8.42 Å². The number of nitrogens with one attached hydrogen (secondary N) is 2. The lowest BCUT2D eigenvalue weighted by molar-refractivity contribution is 0.600. The predicted molar refractivity (Wildman–Crippen MR) is 89.3 cm³/mol. The first-order chi connectivity index (χ1) is 10.9. The van der Waals surface area contributed by atoms with Crippen molar-refractivity contribution in [1.82, 2.24) is 10.2 Å². The van der Waals surface area contributed by atoms with Crippen LogP contribution in [0, 0.1) is 11.3 Å². The number of sulfonamides is 1. The first-order valence-corrected chi connectivity index (χ1v) is 9.13. The molecule has 0 spiro atoms. The first kappa shape index (κ1) is 17.0. The summed E-state index contributed by atoms with van der Waals surface area (Å²) in [6.45, 7) is 4.18. The van der Waals surface area contributed by atoms with Crippen LogP contribution in [0.15, 0.2) is 30.3 Å². The Bertz CT molecular complexity index is 788. The fourth-order valence-electron chi connectivity index (χ4n) is 2.32. The van der Waals surface area contributed by atoms with E-state index in [2.05, 4.69) is 28.8 Å². The monoisotopic (exact) mass is 332 g/mol. The van der Waals surface area contributed by atoms with Crippen molar-refractivity contribution in [2.45, 2.75) is 38.4 Å². The molecule has 1 heterocycles. The molecular formula is C16H20N4O2S. The third-order valence-electron chi connectivity index (χ3n) is 3.55. The van der Waals surface area contributed by atoms with Gasteiger partial charge in [-0.05, 0) is 30.0 Å². The van der Waals surface area contributed by atoms with Gasteiger partial charge in [-0.15, -0.1) is 0 Å². The molecule has 0 aliphatic carbocycles. The maximum absolute atomic E-state index is 12.2. The number of H-pyrrole nitrogens is 1. The van der Waals surface area contributed by atoms with E-state index < -0.39 is 10.0 Å². The molecule has 7 heteroatoms. The third-order valence-corrected chi connectivity index (χ3v) is 4.78. The molecule has 1 aromatic heterocycles. The average molecular weight is 332 g/mol. The molecule has 0 amide bonds. The zero-order valence-electron chi connectivity index (χ0n) is 13.2. The summed E-state index contributed by atoms with van der Waals surface area (Å²) in [6.07, 6.45) is 2.07. The first-order valence-electron chi connectivity index (χ1n) is 7.48. The normalized spacial score (nSPS) is 12.6. The van der Waals surface area contributed by atoms with Gasteiger partial charge in [0.1, 0.15) is 0 Å². The minimum absolute atomic E-state index is 0.161. The second-order valence-corrected chi connectivity index (χ2v) is 7.29. The van der Waals surface area contributed by atoms with Crippen molar-refractivity contribution in [1.29, 1.82) is 5.26 Å². The average Bonchev–Trinajstić information content (AvgIpc) is 2.95. The molecule has 2 N–H and O–H groups in total. The maximum Gasteiger partial charge on any atom is 0.238 e. The molecule has 0 fully saturated rings. The van der Waals surface area contributed by atoms with Crippen molar-refractivity contribution in [3.8, 4) is 6.07 Å². The molecule has 2 rings (SSSR count). The van der Waals surface area contributed by atoms with Gasteiger partial charge in [0.25, 0.3) is 0 Å². The van der Waals surface area contributed by atoms with E-state index in [4.69, 9.17) is 5.26 Å². The highest BCUT2D eigenvalue weighted by Gasteiger charge is 2.15. The van der Waals surface area contributed by atoms with Gasteiger partial charge < -0.3 is 0 Å². The second-order valence-electron chi connectivity index (χ2n) is 5.57. The number of aromatic nitrogens is 2. The maximum atomic E-state index is 12.2. The van der Waals surface area contributed by atoms with Gasteiger partial charge in [-0.1, -0.05) is 32.4 Å². The summed E-state index contributed by atoms with van der Waals surface area (Å²) in [4.78, 5) is 0. The van der Waals surface area contributed by atoms with E-state index in [1.54, 1.807) is 30.3 Å². The van der Waals surface area contributed by atoms with E-state index >= 15 is 0 Å². The molecule has 0 saturated heterocycles. The van der Waals surface area contributed by atoms with Crippen LogP contribution in [0.25, 0.3) is 0 Å². The Morgan fingerprint density at radius 2 is 2.04 bits per heavy atom. The molecule has 0 saturated carbocycles. The molecule has 0 radical (unpaired) electrons. The third kappa shape index (κ3) is 4.83. The zero-order chi connectivity index (χ0) is 16.9. The van der Waals surface area contributed by atoms with Gasteiger partial charge in [0.05, 0.1) is 17.4 Å². The van der Waals surface area contributed by atoms with Gasteiger partial charge >= 0.3 is 0 Å². The van der Waals surface area contributed by atoms with Gasteiger partial charge in [0.2, 0.25) is 10.0 Å². The molecule has 122 valence electrons. The number of nitriles is 1. The van der Waals surface area contributed by atoms with Gasteiger partial charge in [-0.25, -0.2) is 8.42 Å². The SMILES string of the molecule is CCC[C@H](C)c1cc(NS(=O)(=O)Cc2ccc(C#N)cc2)n[nH]1. The Balaban J connectivity index is 2.04. The second kappa shape index (κ2) is 7.29. The quantitative estimate of drug-likeness (QED) is 0.813. The van der Waals surface area contributed by atoms with Crippen molar-refractivity contribution >= 4 is 15.8 Å². The Morgan fingerprint density at radius 1 is 1.35 bits per heavy atom. The van der Waals surface area contributed by atoms with Crippen molar-refractivity contribution in [2.24, 2.45) is 0 Å². The van der Waals surface area contributed by atoms with Gasteiger partial charge in [-0.2, -0.15) is 10.4 Å². The number of anilines is 1. The van der Waals surface area contributed by atoms with Gasteiger partial charge in [-0.3, -0.25) is 9.82 Å². The van der Waals surface area contributed by atoms with E-state index in [-0.39, 0.29) is 5.75 Å². The van der Waals surface area contributed by atoms with E-state index in [0.717, 1.165) is 18.5 Å². The zero-order valence-corrected chi connectivity index (χ0v) is 14.0. The minimum atomic E-state index is -3.55. The molecular weight excluding hydrogens is 312 g/mol. The Hall–Kier alpha value is -2.33.